The lowest BCUT2D eigenvalue weighted by molar-refractivity contribution is 0.563. The van der Waals surface area contributed by atoms with Gasteiger partial charge >= 0.3 is 0 Å². The molecule has 0 saturated heterocycles. The molecule has 288 valence electrons. The van der Waals surface area contributed by atoms with Crippen molar-refractivity contribution in [3.05, 3.63) is 258 Å². The molecule has 0 N–H and O–H groups in total. The van der Waals surface area contributed by atoms with Crippen LogP contribution in [-0.4, -0.2) is 0 Å². The maximum absolute atomic E-state index is 2.51. The van der Waals surface area contributed by atoms with E-state index in [0.29, 0.717) is 0 Å². The molecule has 10 aromatic carbocycles. The highest BCUT2D eigenvalue weighted by molar-refractivity contribution is 6.08. The van der Waals surface area contributed by atoms with Gasteiger partial charge in [0.05, 0.1) is 5.41 Å². The number of rotatable bonds is 5. The predicted octanol–water partition coefficient (Wildman–Crippen LogP) is 15.8. The average Bonchev–Trinajstić information content (AvgIpc) is 3.62. The van der Waals surface area contributed by atoms with Gasteiger partial charge in [0.25, 0.3) is 0 Å². The van der Waals surface area contributed by atoms with Gasteiger partial charge in [-0.25, -0.2) is 0 Å². The predicted molar refractivity (Wildman–Crippen MR) is 256 cm³/mol. The van der Waals surface area contributed by atoms with Gasteiger partial charge in [-0.05, 0) is 131 Å². The van der Waals surface area contributed by atoms with Gasteiger partial charge in [-0.2, -0.15) is 0 Å². The van der Waals surface area contributed by atoms with Gasteiger partial charge in [-0.1, -0.05) is 196 Å². The standard InChI is InChI=1S/C60H43N/c1-59(2)55-22-12-13-23-57(55)60(53-20-10-8-18-51(53)52-19-9-11-21-54(52)60)58-39-44(30-37-56(58)59)42-28-33-47(34-29-42)61(46-31-26-41(27-32-46)40-14-4-3-5-15-40)48-35-36-50-45(38-48)25-24-43-16-6-7-17-49(43)50/h3-39H,1-2H3. The van der Waals surface area contributed by atoms with Gasteiger partial charge in [0, 0.05) is 22.5 Å². The Morgan fingerprint density at radius 1 is 0.295 bits per heavy atom. The lowest BCUT2D eigenvalue weighted by atomic mass is 9.55. The van der Waals surface area contributed by atoms with E-state index in [9.17, 15) is 0 Å². The van der Waals surface area contributed by atoms with Crippen molar-refractivity contribution < 1.29 is 0 Å². The maximum Gasteiger partial charge on any atom is 0.0719 e. The SMILES string of the molecule is CC1(C)c2ccccc2C2(c3ccccc3-c3ccccc32)c2cc(-c3ccc(N(c4ccc(-c5ccccc5)cc4)c4ccc5c(ccc6ccccc65)c4)cc3)ccc21. The van der Waals surface area contributed by atoms with Crippen molar-refractivity contribution in [3.63, 3.8) is 0 Å². The fourth-order valence-electron chi connectivity index (χ4n) is 10.9. The van der Waals surface area contributed by atoms with E-state index in [4.69, 9.17) is 0 Å². The summed E-state index contributed by atoms with van der Waals surface area (Å²) < 4.78 is 0. The topological polar surface area (TPSA) is 3.24 Å². The Hall–Kier alpha value is -7.48. The average molecular weight is 778 g/mol. The van der Waals surface area contributed by atoms with Gasteiger partial charge in [0.15, 0.2) is 0 Å². The number of nitrogens with zero attached hydrogens (tertiary/aromatic N) is 1. The van der Waals surface area contributed by atoms with Crippen molar-refractivity contribution in [1.29, 1.82) is 0 Å². The third kappa shape index (κ3) is 5.27. The molecule has 0 aliphatic heterocycles. The van der Waals surface area contributed by atoms with Crippen LogP contribution in [0.4, 0.5) is 17.1 Å². The number of hydrogen-bond acceptors (Lipinski definition) is 1. The van der Waals surface area contributed by atoms with Crippen molar-refractivity contribution in [2.45, 2.75) is 24.7 Å². The molecular weight excluding hydrogens is 735 g/mol. The summed E-state index contributed by atoms with van der Waals surface area (Å²) in [5.74, 6) is 0. The van der Waals surface area contributed by atoms with Crippen LogP contribution in [0.2, 0.25) is 0 Å². The molecule has 0 bridgehead atoms. The Morgan fingerprint density at radius 3 is 1.46 bits per heavy atom. The van der Waals surface area contributed by atoms with Crippen LogP contribution in [0.25, 0.3) is 54.9 Å². The first-order valence-electron chi connectivity index (χ1n) is 21.4. The highest BCUT2D eigenvalue weighted by Crippen LogP contribution is 2.62. The quantitative estimate of drug-likeness (QED) is 0.157. The van der Waals surface area contributed by atoms with E-state index in [0.717, 1.165) is 17.1 Å². The van der Waals surface area contributed by atoms with Crippen LogP contribution in [0.5, 0.6) is 0 Å². The van der Waals surface area contributed by atoms with E-state index in [1.165, 1.54) is 88.3 Å². The lowest BCUT2D eigenvalue weighted by Crippen LogP contribution is -2.40. The zero-order valence-corrected chi connectivity index (χ0v) is 34.3. The molecule has 10 aromatic rings. The summed E-state index contributed by atoms with van der Waals surface area (Å²) in [6, 6.07) is 83.5. The first-order valence-corrected chi connectivity index (χ1v) is 21.4. The highest BCUT2D eigenvalue weighted by atomic mass is 15.1. The minimum absolute atomic E-state index is 0.172. The summed E-state index contributed by atoms with van der Waals surface area (Å²) in [5.41, 5.74) is 18.5. The van der Waals surface area contributed by atoms with Crippen molar-refractivity contribution in [2.75, 3.05) is 4.90 Å². The molecule has 0 heterocycles. The second kappa shape index (κ2) is 13.5. The van der Waals surface area contributed by atoms with Crippen LogP contribution in [0.1, 0.15) is 47.2 Å². The lowest BCUT2D eigenvalue weighted by Gasteiger charge is -2.46. The number of fused-ring (bicyclic) bond motifs is 12. The minimum atomic E-state index is -0.422. The summed E-state index contributed by atoms with van der Waals surface area (Å²) in [4.78, 5) is 2.39. The molecule has 2 aliphatic rings. The van der Waals surface area contributed by atoms with E-state index in [-0.39, 0.29) is 5.41 Å². The molecule has 1 heteroatoms. The first-order chi connectivity index (χ1) is 30.0. The Kier molecular flexibility index (Phi) is 7.86. The third-order valence-corrected chi connectivity index (χ3v) is 13.7. The summed E-state index contributed by atoms with van der Waals surface area (Å²) in [6.45, 7) is 4.80. The van der Waals surface area contributed by atoms with E-state index < -0.39 is 5.41 Å². The molecule has 61 heavy (non-hydrogen) atoms. The van der Waals surface area contributed by atoms with Crippen LogP contribution in [0, 0.1) is 0 Å². The number of benzene rings is 10. The summed E-state index contributed by atoms with van der Waals surface area (Å²) in [5, 5.41) is 5.02. The Bertz CT molecular complexity index is 3270. The minimum Gasteiger partial charge on any atom is -0.310 e. The Morgan fingerprint density at radius 2 is 0.770 bits per heavy atom. The highest BCUT2D eigenvalue weighted by Gasteiger charge is 2.53. The Balaban J connectivity index is 1.00. The molecule has 2 aliphatic carbocycles. The monoisotopic (exact) mass is 777 g/mol. The summed E-state index contributed by atoms with van der Waals surface area (Å²) in [7, 11) is 0. The molecule has 0 amide bonds. The van der Waals surface area contributed by atoms with Crippen molar-refractivity contribution in [2.24, 2.45) is 0 Å². The maximum atomic E-state index is 2.51. The van der Waals surface area contributed by atoms with Gasteiger partial charge in [-0.15, -0.1) is 0 Å². The summed E-state index contributed by atoms with van der Waals surface area (Å²) >= 11 is 0. The molecule has 1 nitrogen and oxygen atoms in total. The molecule has 0 aromatic heterocycles. The third-order valence-electron chi connectivity index (χ3n) is 13.7. The smallest absolute Gasteiger partial charge is 0.0719 e. The molecular formula is C60H43N. The van der Waals surface area contributed by atoms with Crippen LogP contribution in [-0.2, 0) is 10.8 Å². The van der Waals surface area contributed by atoms with Crippen molar-refractivity contribution >= 4 is 38.6 Å². The van der Waals surface area contributed by atoms with E-state index in [1.807, 2.05) is 0 Å². The van der Waals surface area contributed by atoms with Crippen molar-refractivity contribution in [1.82, 2.24) is 0 Å². The first kappa shape index (κ1) is 35.5. The zero-order valence-electron chi connectivity index (χ0n) is 34.3. The van der Waals surface area contributed by atoms with Crippen LogP contribution >= 0.6 is 0 Å². The fraction of sp³-hybridized carbons (Fsp3) is 0.0667. The van der Waals surface area contributed by atoms with E-state index in [1.54, 1.807) is 0 Å². The molecule has 0 radical (unpaired) electrons. The largest absolute Gasteiger partial charge is 0.310 e. The number of anilines is 3. The number of hydrogen-bond donors (Lipinski definition) is 0. The second-order valence-corrected chi connectivity index (χ2v) is 17.3. The van der Waals surface area contributed by atoms with Crippen LogP contribution < -0.4 is 4.90 Å². The van der Waals surface area contributed by atoms with Crippen molar-refractivity contribution in [3.8, 4) is 33.4 Å². The van der Waals surface area contributed by atoms with Gasteiger partial charge in [-0.3, -0.25) is 0 Å². The molecule has 12 rings (SSSR count). The second-order valence-electron chi connectivity index (χ2n) is 17.3. The van der Waals surface area contributed by atoms with E-state index in [2.05, 4.69) is 243 Å². The van der Waals surface area contributed by atoms with E-state index >= 15 is 0 Å². The molecule has 1 spiro atoms. The molecule has 0 saturated carbocycles. The Labute approximate surface area is 357 Å². The zero-order chi connectivity index (χ0) is 40.7. The fourth-order valence-corrected chi connectivity index (χ4v) is 10.9. The van der Waals surface area contributed by atoms with Gasteiger partial charge in [0.1, 0.15) is 0 Å². The van der Waals surface area contributed by atoms with Gasteiger partial charge in [0.2, 0.25) is 0 Å². The normalized spacial score (nSPS) is 14.0. The molecule has 0 fully saturated rings. The van der Waals surface area contributed by atoms with Gasteiger partial charge < -0.3 is 4.90 Å². The molecule has 0 unspecified atom stereocenters. The summed E-state index contributed by atoms with van der Waals surface area (Å²) in [6.07, 6.45) is 0. The molecule has 0 atom stereocenters. The van der Waals surface area contributed by atoms with Crippen LogP contribution in [0.3, 0.4) is 0 Å². The van der Waals surface area contributed by atoms with Crippen LogP contribution in [0.15, 0.2) is 224 Å².